The van der Waals surface area contributed by atoms with Gasteiger partial charge in [-0.3, -0.25) is 4.79 Å². The largest absolute Gasteiger partial charge is 0.462 e. The number of hydrogen-bond donors (Lipinski definition) is 0. The molecule has 7 unspecified atom stereocenters. The van der Waals surface area contributed by atoms with E-state index >= 15 is 0 Å². The summed E-state index contributed by atoms with van der Waals surface area (Å²) in [4.78, 5) is 11.8. The third kappa shape index (κ3) is 2.27. The zero-order valence-electron chi connectivity index (χ0n) is 14.4. The van der Waals surface area contributed by atoms with Crippen LogP contribution in [0, 0.1) is 22.7 Å². The van der Waals surface area contributed by atoms with Crippen molar-refractivity contribution in [2.45, 2.75) is 64.4 Å². The van der Waals surface area contributed by atoms with Crippen LogP contribution in [0.15, 0.2) is 0 Å². The Morgan fingerprint density at radius 3 is 2.83 bits per heavy atom. The average molecular weight is 324 g/mol. The predicted octanol–water partition coefficient (Wildman–Crippen LogP) is 2.52. The Hall–Kier alpha value is -0.650. The van der Waals surface area contributed by atoms with Crippen LogP contribution in [0.1, 0.15) is 46.0 Å². The van der Waals surface area contributed by atoms with Crippen molar-refractivity contribution >= 4 is 5.97 Å². The van der Waals surface area contributed by atoms with E-state index in [1.54, 1.807) is 7.11 Å². The van der Waals surface area contributed by atoms with Crippen LogP contribution in [0.4, 0.5) is 0 Å². The lowest BCUT2D eigenvalue weighted by Gasteiger charge is -2.62. The molecule has 130 valence electrons. The predicted molar refractivity (Wildman–Crippen MR) is 82.6 cm³/mol. The maximum Gasteiger partial charge on any atom is 0.306 e. The molecule has 0 spiro atoms. The smallest absolute Gasteiger partial charge is 0.306 e. The number of esters is 1. The Morgan fingerprint density at radius 2 is 2.04 bits per heavy atom. The first-order valence-corrected chi connectivity index (χ1v) is 8.93. The van der Waals surface area contributed by atoms with Crippen molar-refractivity contribution in [3.63, 3.8) is 0 Å². The molecule has 4 fully saturated rings. The molecule has 2 heterocycles. The lowest BCUT2D eigenvalue weighted by Crippen LogP contribution is -2.62. The molecule has 5 nitrogen and oxygen atoms in total. The Morgan fingerprint density at radius 1 is 1.22 bits per heavy atom. The summed E-state index contributed by atoms with van der Waals surface area (Å²) in [6.45, 7) is 5.90. The van der Waals surface area contributed by atoms with Gasteiger partial charge in [-0.25, -0.2) is 0 Å². The van der Waals surface area contributed by atoms with E-state index in [-0.39, 0.29) is 35.3 Å². The fraction of sp³-hybridized carbons (Fsp3) is 0.944. The molecule has 0 N–H and O–H groups in total. The maximum atomic E-state index is 11.8. The maximum absolute atomic E-state index is 11.8. The fourth-order valence-electron chi connectivity index (χ4n) is 6.02. The second kappa shape index (κ2) is 5.43. The zero-order valence-corrected chi connectivity index (χ0v) is 14.4. The molecule has 0 aromatic carbocycles. The quantitative estimate of drug-likeness (QED) is 0.731. The first kappa shape index (κ1) is 15.9. The Kier molecular flexibility index (Phi) is 3.74. The number of hydrogen-bond acceptors (Lipinski definition) is 5. The van der Waals surface area contributed by atoms with Gasteiger partial charge >= 0.3 is 5.97 Å². The van der Waals surface area contributed by atoms with Crippen LogP contribution in [0.3, 0.4) is 0 Å². The van der Waals surface area contributed by atoms with Crippen LogP contribution >= 0.6 is 0 Å². The van der Waals surface area contributed by atoms with E-state index in [1.807, 2.05) is 0 Å². The number of ether oxygens (including phenoxy) is 4. The molecule has 4 rings (SSSR count). The van der Waals surface area contributed by atoms with Gasteiger partial charge in [-0.15, -0.1) is 0 Å². The van der Waals surface area contributed by atoms with Crippen LogP contribution < -0.4 is 0 Å². The van der Waals surface area contributed by atoms with Gasteiger partial charge in [0.1, 0.15) is 6.10 Å². The highest BCUT2D eigenvalue weighted by Crippen LogP contribution is 2.63. The standard InChI is InChI=1S/C18H28O5/c1-17-7-6-14-18(2,10-21-16(23-14)9-20-3)13(17)5-4-12-11(17)8-15(19)22-12/h11-14,16H,4-10H2,1-3H3. The van der Waals surface area contributed by atoms with Gasteiger partial charge in [-0.05, 0) is 37.0 Å². The first-order valence-electron chi connectivity index (χ1n) is 8.93. The molecule has 2 saturated carbocycles. The second-order valence-electron chi connectivity index (χ2n) is 8.34. The van der Waals surface area contributed by atoms with Crippen LogP contribution in [0.5, 0.6) is 0 Å². The summed E-state index contributed by atoms with van der Waals surface area (Å²) in [5, 5.41) is 0. The minimum absolute atomic E-state index is 0.00884. The van der Waals surface area contributed by atoms with E-state index in [4.69, 9.17) is 18.9 Å². The van der Waals surface area contributed by atoms with E-state index in [0.29, 0.717) is 24.9 Å². The lowest BCUT2D eigenvalue weighted by atomic mass is 9.46. The molecule has 2 aliphatic heterocycles. The van der Waals surface area contributed by atoms with Gasteiger partial charge in [-0.2, -0.15) is 0 Å². The highest BCUT2D eigenvalue weighted by Gasteiger charge is 2.63. The first-order chi connectivity index (χ1) is 11.0. The minimum Gasteiger partial charge on any atom is -0.462 e. The molecule has 7 atom stereocenters. The van der Waals surface area contributed by atoms with Gasteiger partial charge < -0.3 is 18.9 Å². The summed E-state index contributed by atoms with van der Waals surface area (Å²) in [5.74, 6) is 0.877. The topological polar surface area (TPSA) is 54.0 Å². The van der Waals surface area contributed by atoms with Crippen molar-refractivity contribution in [2.75, 3.05) is 20.3 Å². The van der Waals surface area contributed by atoms with Crippen molar-refractivity contribution in [3.05, 3.63) is 0 Å². The van der Waals surface area contributed by atoms with E-state index in [9.17, 15) is 4.79 Å². The summed E-state index contributed by atoms with van der Waals surface area (Å²) in [6.07, 6.45) is 4.93. The molecule has 0 aromatic rings. The van der Waals surface area contributed by atoms with Gasteiger partial charge in [0.25, 0.3) is 0 Å². The van der Waals surface area contributed by atoms with Gasteiger partial charge in [0.05, 0.1) is 25.7 Å². The van der Waals surface area contributed by atoms with Gasteiger partial charge in [-0.1, -0.05) is 13.8 Å². The van der Waals surface area contributed by atoms with Crippen molar-refractivity contribution in [2.24, 2.45) is 22.7 Å². The van der Waals surface area contributed by atoms with E-state index < -0.39 is 0 Å². The van der Waals surface area contributed by atoms with Crippen LogP contribution in [-0.2, 0) is 23.7 Å². The molecule has 2 aliphatic carbocycles. The molecule has 5 heteroatoms. The molecular formula is C18H28O5. The van der Waals surface area contributed by atoms with Crippen molar-refractivity contribution < 1.29 is 23.7 Å². The summed E-state index contributed by atoms with van der Waals surface area (Å²) in [6, 6.07) is 0. The third-order valence-electron chi connectivity index (χ3n) is 7.18. The van der Waals surface area contributed by atoms with Crippen molar-refractivity contribution in [3.8, 4) is 0 Å². The average Bonchev–Trinajstić information content (AvgIpc) is 2.90. The second-order valence-corrected chi connectivity index (χ2v) is 8.34. The number of carbonyl (C=O) groups is 1. The van der Waals surface area contributed by atoms with Gasteiger partial charge in [0.2, 0.25) is 0 Å². The zero-order chi connectivity index (χ0) is 16.2. The number of fused-ring (bicyclic) bond motifs is 5. The molecule has 2 saturated heterocycles. The summed E-state index contributed by atoms with van der Waals surface area (Å²) >= 11 is 0. The lowest BCUT2D eigenvalue weighted by molar-refractivity contribution is -0.314. The summed E-state index contributed by atoms with van der Waals surface area (Å²) in [7, 11) is 1.68. The molecule has 0 bridgehead atoms. The van der Waals surface area contributed by atoms with E-state index in [1.165, 1.54) is 0 Å². The van der Waals surface area contributed by atoms with Gasteiger partial charge in [0.15, 0.2) is 6.29 Å². The van der Waals surface area contributed by atoms with E-state index in [2.05, 4.69) is 13.8 Å². The van der Waals surface area contributed by atoms with Crippen molar-refractivity contribution in [1.82, 2.24) is 0 Å². The summed E-state index contributed by atoms with van der Waals surface area (Å²) in [5.41, 5.74) is 0.176. The van der Waals surface area contributed by atoms with Crippen LogP contribution in [0.2, 0.25) is 0 Å². The molecule has 23 heavy (non-hydrogen) atoms. The molecule has 0 amide bonds. The molecule has 0 radical (unpaired) electrons. The Labute approximate surface area is 138 Å². The highest BCUT2D eigenvalue weighted by molar-refractivity contribution is 5.72. The van der Waals surface area contributed by atoms with Crippen molar-refractivity contribution in [1.29, 1.82) is 0 Å². The number of methoxy groups -OCH3 is 1. The van der Waals surface area contributed by atoms with E-state index in [0.717, 1.165) is 32.3 Å². The molecule has 4 aliphatic rings. The highest BCUT2D eigenvalue weighted by atomic mass is 16.7. The van der Waals surface area contributed by atoms with Crippen LogP contribution in [0.25, 0.3) is 0 Å². The van der Waals surface area contributed by atoms with Gasteiger partial charge in [0, 0.05) is 18.4 Å². The Bertz CT molecular complexity index is 494. The fourth-order valence-corrected chi connectivity index (χ4v) is 6.02. The summed E-state index contributed by atoms with van der Waals surface area (Å²) < 4.78 is 23.0. The number of carbonyl (C=O) groups excluding carboxylic acids is 1. The number of rotatable bonds is 2. The SMILES string of the molecule is COCC1OCC2(C)C(CCC3(C)C4CC(=O)OC4CCC23)O1. The molecular weight excluding hydrogens is 296 g/mol. The Balaban J connectivity index is 1.59. The third-order valence-corrected chi connectivity index (χ3v) is 7.18. The minimum atomic E-state index is -0.241. The van der Waals surface area contributed by atoms with Crippen LogP contribution in [-0.4, -0.2) is 44.8 Å². The monoisotopic (exact) mass is 324 g/mol. The molecule has 0 aromatic heterocycles. The normalized spacial score (nSPS) is 52.3.